The summed E-state index contributed by atoms with van der Waals surface area (Å²) in [4.78, 5) is 27.3. The van der Waals surface area contributed by atoms with Crippen LogP contribution in [-0.2, 0) is 11.2 Å². The SMILES string of the molecule is O=C1CN(CCCc2cc3ccccc3[nH]2)C(=O)N1. The summed E-state index contributed by atoms with van der Waals surface area (Å²) in [5, 5.41) is 3.48. The van der Waals surface area contributed by atoms with Crippen molar-refractivity contribution in [1.82, 2.24) is 15.2 Å². The quantitative estimate of drug-likeness (QED) is 0.818. The molecule has 19 heavy (non-hydrogen) atoms. The Hall–Kier alpha value is -2.30. The number of benzene rings is 1. The van der Waals surface area contributed by atoms with E-state index in [0.717, 1.165) is 24.1 Å². The zero-order chi connectivity index (χ0) is 13.2. The first kappa shape index (κ1) is 11.8. The Bertz CT molecular complexity index is 599. The third-order valence-corrected chi connectivity index (χ3v) is 3.33. The standard InChI is InChI=1S/C14H15N3O2/c18-13-9-17(14(19)16-13)7-3-5-11-8-10-4-1-2-6-12(10)15-11/h1-2,4,6,8,15H,3,5,7,9H2,(H,16,18,19). The van der Waals surface area contributed by atoms with Crippen molar-refractivity contribution in [2.24, 2.45) is 0 Å². The molecule has 0 aliphatic carbocycles. The number of rotatable bonds is 4. The van der Waals surface area contributed by atoms with Crippen molar-refractivity contribution in [1.29, 1.82) is 0 Å². The molecule has 1 aliphatic heterocycles. The minimum absolute atomic E-state index is 0.186. The van der Waals surface area contributed by atoms with Gasteiger partial charge in [-0.1, -0.05) is 18.2 Å². The maximum absolute atomic E-state index is 11.4. The number of aromatic nitrogens is 1. The molecule has 0 radical (unpaired) electrons. The number of amides is 3. The first-order valence-corrected chi connectivity index (χ1v) is 6.38. The van der Waals surface area contributed by atoms with Gasteiger partial charge in [-0.2, -0.15) is 0 Å². The maximum Gasteiger partial charge on any atom is 0.324 e. The lowest BCUT2D eigenvalue weighted by atomic mass is 10.2. The Balaban J connectivity index is 1.57. The summed E-state index contributed by atoms with van der Waals surface area (Å²) >= 11 is 0. The molecule has 5 nitrogen and oxygen atoms in total. The zero-order valence-corrected chi connectivity index (χ0v) is 10.5. The van der Waals surface area contributed by atoms with E-state index in [1.165, 1.54) is 5.39 Å². The van der Waals surface area contributed by atoms with Gasteiger partial charge in [-0.05, 0) is 30.4 Å². The van der Waals surface area contributed by atoms with Crippen LogP contribution in [0.4, 0.5) is 4.79 Å². The number of fused-ring (bicyclic) bond motifs is 1. The van der Waals surface area contributed by atoms with Gasteiger partial charge in [0.15, 0.2) is 0 Å². The highest BCUT2D eigenvalue weighted by molar-refractivity contribution is 6.01. The molecule has 1 fully saturated rings. The van der Waals surface area contributed by atoms with Crippen molar-refractivity contribution in [3.05, 3.63) is 36.0 Å². The number of H-pyrrole nitrogens is 1. The van der Waals surface area contributed by atoms with Gasteiger partial charge < -0.3 is 9.88 Å². The van der Waals surface area contributed by atoms with Crippen LogP contribution in [0.25, 0.3) is 10.9 Å². The van der Waals surface area contributed by atoms with Crippen molar-refractivity contribution in [2.45, 2.75) is 12.8 Å². The van der Waals surface area contributed by atoms with Crippen molar-refractivity contribution < 1.29 is 9.59 Å². The smallest absolute Gasteiger partial charge is 0.324 e. The van der Waals surface area contributed by atoms with Gasteiger partial charge >= 0.3 is 6.03 Å². The second-order valence-electron chi connectivity index (χ2n) is 4.76. The highest BCUT2D eigenvalue weighted by Gasteiger charge is 2.25. The number of carbonyl (C=O) groups excluding carboxylic acids is 2. The zero-order valence-electron chi connectivity index (χ0n) is 10.5. The first-order valence-electron chi connectivity index (χ1n) is 6.38. The molecule has 1 aromatic heterocycles. The molecule has 5 heteroatoms. The van der Waals surface area contributed by atoms with Gasteiger partial charge in [-0.15, -0.1) is 0 Å². The van der Waals surface area contributed by atoms with E-state index in [-0.39, 0.29) is 18.5 Å². The molecule has 1 aromatic carbocycles. The van der Waals surface area contributed by atoms with Crippen LogP contribution >= 0.6 is 0 Å². The molecule has 98 valence electrons. The van der Waals surface area contributed by atoms with Crippen LogP contribution in [0.15, 0.2) is 30.3 Å². The fourth-order valence-corrected chi connectivity index (χ4v) is 2.39. The Morgan fingerprint density at radius 1 is 1.21 bits per heavy atom. The average Bonchev–Trinajstić information content (AvgIpc) is 2.92. The largest absolute Gasteiger partial charge is 0.358 e. The molecule has 0 bridgehead atoms. The molecular formula is C14H15N3O2. The van der Waals surface area contributed by atoms with E-state index >= 15 is 0 Å². The number of nitrogens with zero attached hydrogens (tertiary/aromatic N) is 1. The molecule has 1 saturated heterocycles. The first-order chi connectivity index (χ1) is 9.22. The van der Waals surface area contributed by atoms with E-state index in [4.69, 9.17) is 0 Å². The van der Waals surface area contributed by atoms with Gasteiger partial charge in [0.05, 0.1) is 0 Å². The molecule has 0 saturated carbocycles. The van der Waals surface area contributed by atoms with Crippen LogP contribution in [-0.4, -0.2) is 34.9 Å². The summed E-state index contributed by atoms with van der Waals surface area (Å²) in [7, 11) is 0. The molecule has 3 amide bonds. The Morgan fingerprint density at radius 3 is 2.79 bits per heavy atom. The fraction of sp³-hybridized carbons (Fsp3) is 0.286. The van der Waals surface area contributed by atoms with Gasteiger partial charge in [0.25, 0.3) is 0 Å². The summed E-state index contributed by atoms with van der Waals surface area (Å²) < 4.78 is 0. The molecule has 2 N–H and O–H groups in total. The molecule has 0 unspecified atom stereocenters. The van der Waals surface area contributed by atoms with Crippen LogP contribution in [0.3, 0.4) is 0 Å². The number of imide groups is 1. The molecule has 2 aromatic rings. The Kier molecular flexibility index (Phi) is 2.95. The van der Waals surface area contributed by atoms with Crippen molar-refractivity contribution in [3.63, 3.8) is 0 Å². The van der Waals surface area contributed by atoms with Gasteiger partial charge in [0.1, 0.15) is 6.54 Å². The third-order valence-electron chi connectivity index (χ3n) is 3.33. The van der Waals surface area contributed by atoms with Crippen molar-refractivity contribution in [3.8, 4) is 0 Å². The number of aromatic amines is 1. The summed E-state index contributed by atoms with van der Waals surface area (Å²) in [5.74, 6) is -0.212. The second-order valence-corrected chi connectivity index (χ2v) is 4.76. The van der Waals surface area contributed by atoms with Crippen LogP contribution in [0.1, 0.15) is 12.1 Å². The van der Waals surface area contributed by atoms with E-state index in [0.29, 0.717) is 6.54 Å². The average molecular weight is 257 g/mol. The van der Waals surface area contributed by atoms with E-state index in [1.807, 2.05) is 18.2 Å². The summed E-state index contributed by atoms with van der Waals surface area (Å²) in [6, 6.07) is 9.99. The number of carbonyl (C=O) groups is 2. The van der Waals surface area contributed by atoms with Crippen LogP contribution < -0.4 is 5.32 Å². The summed E-state index contributed by atoms with van der Waals surface area (Å²) in [5.41, 5.74) is 2.29. The number of aryl methyl sites for hydroxylation is 1. The van der Waals surface area contributed by atoms with Gasteiger partial charge in [0.2, 0.25) is 5.91 Å². The van der Waals surface area contributed by atoms with Gasteiger partial charge in [0, 0.05) is 17.8 Å². The Labute approximate surface area is 110 Å². The number of hydrogen-bond acceptors (Lipinski definition) is 2. The summed E-state index contributed by atoms with van der Waals surface area (Å²) in [6.45, 7) is 0.790. The fourth-order valence-electron chi connectivity index (χ4n) is 2.39. The topological polar surface area (TPSA) is 65.2 Å². The number of para-hydroxylation sites is 1. The molecule has 1 aliphatic rings. The van der Waals surface area contributed by atoms with E-state index in [2.05, 4.69) is 22.4 Å². The minimum Gasteiger partial charge on any atom is -0.358 e. The van der Waals surface area contributed by atoms with Crippen molar-refractivity contribution in [2.75, 3.05) is 13.1 Å². The Morgan fingerprint density at radius 2 is 2.05 bits per heavy atom. The van der Waals surface area contributed by atoms with Gasteiger partial charge in [-0.3, -0.25) is 10.1 Å². The van der Waals surface area contributed by atoms with Crippen LogP contribution in [0, 0.1) is 0 Å². The minimum atomic E-state index is -0.276. The molecule has 0 spiro atoms. The highest BCUT2D eigenvalue weighted by atomic mass is 16.2. The van der Waals surface area contributed by atoms with Gasteiger partial charge in [-0.25, -0.2) is 4.79 Å². The molecule has 3 rings (SSSR count). The third kappa shape index (κ3) is 2.45. The lowest BCUT2D eigenvalue weighted by molar-refractivity contribution is -0.118. The number of urea groups is 1. The summed E-state index contributed by atoms with van der Waals surface area (Å²) in [6.07, 6.45) is 1.71. The lowest BCUT2D eigenvalue weighted by Crippen LogP contribution is -2.29. The predicted molar refractivity (Wildman–Crippen MR) is 71.7 cm³/mol. The van der Waals surface area contributed by atoms with Crippen LogP contribution in [0.2, 0.25) is 0 Å². The van der Waals surface area contributed by atoms with Crippen molar-refractivity contribution >= 4 is 22.8 Å². The predicted octanol–water partition coefficient (Wildman–Crippen LogP) is 1.65. The van der Waals surface area contributed by atoms with E-state index < -0.39 is 0 Å². The molecule has 2 heterocycles. The monoisotopic (exact) mass is 257 g/mol. The molecular weight excluding hydrogens is 242 g/mol. The lowest BCUT2D eigenvalue weighted by Gasteiger charge is -2.11. The molecule has 0 atom stereocenters. The van der Waals surface area contributed by atoms with Crippen LogP contribution in [0.5, 0.6) is 0 Å². The normalized spacial score (nSPS) is 15.3. The maximum atomic E-state index is 11.4. The number of hydrogen-bond donors (Lipinski definition) is 2. The second kappa shape index (κ2) is 4.76. The highest BCUT2D eigenvalue weighted by Crippen LogP contribution is 2.15. The van der Waals surface area contributed by atoms with E-state index in [1.54, 1.807) is 4.90 Å². The van der Waals surface area contributed by atoms with E-state index in [9.17, 15) is 9.59 Å². The number of nitrogens with one attached hydrogen (secondary N) is 2.